The van der Waals surface area contributed by atoms with E-state index in [0.717, 1.165) is 23.9 Å². The van der Waals surface area contributed by atoms with Crippen LogP contribution in [-0.4, -0.2) is 51.8 Å². The molecule has 136 valence electrons. The molecule has 9 heteroatoms. The van der Waals surface area contributed by atoms with Gasteiger partial charge in [-0.05, 0) is 18.4 Å². The van der Waals surface area contributed by atoms with Gasteiger partial charge in [-0.25, -0.2) is 27.7 Å². The van der Waals surface area contributed by atoms with E-state index in [0.29, 0.717) is 24.6 Å². The summed E-state index contributed by atoms with van der Waals surface area (Å²) in [5.74, 6) is 0.755. The number of hydrogen-bond donors (Lipinski definition) is 2. The van der Waals surface area contributed by atoms with Crippen LogP contribution in [0.2, 0.25) is 0 Å². The summed E-state index contributed by atoms with van der Waals surface area (Å²) in [6.45, 7) is 1.01. The zero-order valence-corrected chi connectivity index (χ0v) is 15.0. The van der Waals surface area contributed by atoms with Crippen molar-refractivity contribution < 1.29 is 8.42 Å². The number of nitrogens with zero attached hydrogens (tertiary/aromatic N) is 4. The molecule has 8 nitrogen and oxygen atoms in total. The molecule has 2 aromatic heterocycles. The highest BCUT2D eigenvalue weighted by atomic mass is 32.2. The average Bonchev–Trinajstić information content (AvgIpc) is 3.13. The molecule has 26 heavy (non-hydrogen) atoms. The molecule has 0 radical (unpaired) electrons. The molecule has 0 aliphatic carbocycles. The molecule has 0 saturated carbocycles. The van der Waals surface area contributed by atoms with Crippen LogP contribution in [0.3, 0.4) is 0 Å². The van der Waals surface area contributed by atoms with Crippen LogP contribution in [0, 0.1) is 0 Å². The number of aromatic nitrogens is 4. The Morgan fingerprint density at radius 3 is 2.65 bits per heavy atom. The minimum Gasteiger partial charge on any atom is -0.365 e. The molecule has 4 rings (SSSR count). The van der Waals surface area contributed by atoms with Crippen molar-refractivity contribution in [1.29, 1.82) is 0 Å². The van der Waals surface area contributed by atoms with Crippen molar-refractivity contribution in [2.45, 2.75) is 24.6 Å². The summed E-state index contributed by atoms with van der Waals surface area (Å²) in [5.41, 5.74) is 2.20. The van der Waals surface area contributed by atoms with Crippen LogP contribution >= 0.6 is 0 Å². The first-order chi connectivity index (χ1) is 12.6. The van der Waals surface area contributed by atoms with Gasteiger partial charge in [0, 0.05) is 19.1 Å². The highest BCUT2D eigenvalue weighted by Crippen LogP contribution is 2.22. The number of fused-ring (bicyclic) bond motifs is 1. The van der Waals surface area contributed by atoms with Crippen molar-refractivity contribution in [3.63, 3.8) is 0 Å². The van der Waals surface area contributed by atoms with Gasteiger partial charge in [0.2, 0.25) is 10.0 Å². The monoisotopic (exact) mass is 372 g/mol. The molecule has 0 amide bonds. The highest BCUT2D eigenvalue weighted by Gasteiger charge is 2.28. The Kier molecular flexibility index (Phi) is 4.56. The van der Waals surface area contributed by atoms with E-state index in [-0.39, 0.29) is 11.8 Å². The number of hydrogen-bond acceptors (Lipinski definition) is 6. The van der Waals surface area contributed by atoms with Gasteiger partial charge in [-0.15, -0.1) is 0 Å². The second-order valence-corrected chi connectivity index (χ2v) is 8.35. The van der Waals surface area contributed by atoms with E-state index in [2.05, 4.69) is 25.3 Å². The standard InChI is InChI=1S/C17H20N6O2S/c24-26(25,10-13-4-2-1-3-5-13)23-8-6-14(7-9-23)22-17-15-16(19-11-18-15)20-12-21-17/h1-5,11-12,14H,6-10H2,(H2,18,19,20,21,22). The molecule has 0 bridgehead atoms. The largest absolute Gasteiger partial charge is 0.365 e. The maximum atomic E-state index is 12.6. The van der Waals surface area contributed by atoms with Crippen molar-refractivity contribution in [3.8, 4) is 0 Å². The molecule has 0 unspecified atom stereocenters. The fourth-order valence-electron chi connectivity index (χ4n) is 3.22. The van der Waals surface area contributed by atoms with E-state index >= 15 is 0 Å². The first kappa shape index (κ1) is 16.9. The maximum absolute atomic E-state index is 12.6. The maximum Gasteiger partial charge on any atom is 0.218 e. The number of nitrogens with one attached hydrogen (secondary N) is 2. The quantitative estimate of drug-likeness (QED) is 0.707. The number of imidazole rings is 1. The van der Waals surface area contributed by atoms with Gasteiger partial charge in [-0.2, -0.15) is 0 Å². The first-order valence-electron chi connectivity index (χ1n) is 8.54. The normalized spacial score (nSPS) is 16.8. The zero-order chi connectivity index (χ0) is 18.0. The van der Waals surface area contributed by atoms with Gasteiger partial charge < -0.3 is 10.3 Å². The van der Waals surface area contributed by atoms with Gasteiger partial charge in [0.05, 0.1) is 12.1 Å². The summed E-state index contributed by atoms with van der Waals surface area (Å²) in [6.07, 6.45) is 4.52. The van der Waals surface area contributed by atoms with Crippen molar-refractivity contribution in [2.24, 2.45) is 0 Å². The third kappa shape index (κ3) is 3.54. The van der Waals surface area contributed by atoms with Crippen LogP contribution in [0.5, 0.6) is 0 Å². The first-order valence-corrected chi connectivity index (χ1v) is 10.1. The molecule has 1 aromatic carbocycles. The van der Waals surface area contributed by atoms with Gasteiger partial charge in [0.25, 0.3) is 0 Å². The van der Waals surface area contributed by atoms with Crippen molar-refractivity contribution in [3.05, 3.63) is 48.5 Å². The average molecular weight is 372 g/mol. The van der Waals surface area contributed by atoms with E-state index in [1.165, 1.54) is 6.33 Å². The Balaban J connectivity index is 1.39. The number of sulfonamides is 1. The molecule has 3 heterocycles. The molecular formula is C17H20N6O2S. The predicted molar refractivity (Wildman–Crippen MR) is 99.0 cm³/mol. The number of aromatic amines is 1. The van der Waals surface area contributed by atoms with Crippen LogP contribution in [-0.2, 0) is 15.8 Å². The fourth-order valence-corrected chi connectivity index (χ4v) is 4.79. The Bertz CT molecular complexity index is 981. The number of piperidine rings is 1. The van der Waals surface area contributed by atoms with E-state index < -0.39 is 10.0 Å². The summed E-state index contributed by atoms with van der Waals surface area (Å²) in [7, 11) is -3.29. The molecular weight excluding hydrogens is 352 g/mol. The van der Waals surface area contributed by atoms with Gasteiger partial charge in [-0.1, -0.05) is 30.3 Å². The Morgan fingerprint density at radius 2 is 1.88 bits per heavy atom. The number of benzene rings is 1. The smallest absolute Gasteiger partial charge is 0.218 e. The lowest BCUT2D eigenvalue weighted by Gasteiger charge is -2.31. The minimum absolute atomic E-state index is 0.0482. The Morgan fingerprint density at radius 1 is 1.12 bits per heavy atom. The van der Waals surface area contributed by atoms with Crippen LogP contribution in [0.4, 0.5) is 5.82 Å². The molecule has 3 aromatic rings. The second-order valence-electron chi connectivity index (χ2n) is 6.38. The molecule has 1 aliphatic rings. The Labute approximate surface area is 151 Å². The SMILES string of the molecule is O=S(=O)(Cc1ccccc1)N1CCC(Nc2ncnc3nc[nH]c23)CC1. The van der Waals surface area contributed by atoms with Gasteiger partial charge in [-0.3, -0.25) is 0 Å². The lowest BCUT2D eigenvalue weighted by Crippen LogP contribution is -2.42. The van der Waals surface area contributed by atoms with Gasteiger partial charge >= 0.3 is 0 Å². The third-order valence-corrected chi connectivity index (χ3v) is 6.45. The molecule has 0 atom stereocenters. The molecule has 1 fully saturated rings. The van der Waals surface area contributed by atoms with Crippen LogP contribution in [0.25, 0.3) is 11.2 Å². The van der Waals surface area contributed by atoms with E-state index in [4.69, 9.17) is 0 Å². The number of rotatable bonds is 5. The van der Waals surface area contributed by atoms with E-state index in [9.17, 15) is 8.42 Å². The zero-order valence-electron chi connectivity index (χ0n) is 14.2. The van der Waals surface area contributed by atoms with Crippen molar-refractivity contribution in [1.82, 2.24) is 24.2 Å². The minimum atomic E-state index is -3.29. The summed E-state index contributed by atoms with van der Waals surface area (Å²) >= 11 is 0. The molecule has 2 N–H and O–H groups in total. The van der Waals surface area contributed by atoms with E-state index in [1.54, 1.807) is 10.6 Å². The second kappa shape index (κ2) is 7.00. The lowest BCUT2D eigenvalue weighted by molar-refractivity contribution is 0.329. The topological polar surface area (TPSA) is 104 Å². The van der Waals surface area contributed by atoms with Crippen LogP contribution in [0.15, 0.2) is 43.0 Å². The van der Waals surface area contributed by atoms with Crippen molar-refractivity contribution >= 4 is 27.0 Å². The molecule has 0 spiro atoms. The number of H-pyrrole nitrogens is 1. The third-order valence-electron chi connectivity index (χ3n) is 4.60. The van der Waals surface area contributed by atoms with Crippen molar-refractivity contribution in [2.75, 3.05) is 18.4 Å². The predicted octanol–water partition coefficient (Wildman–Crippen LogP) is 1.76. The number of anilines is 1. The fraction of sp³-hybridized carbons (Fsp3) is 0.353. The molecule has 1 saturated heterocycles. The summed E-state index contributed by atoms with van der Waals surface area (Å²) < 4.78 is 26.9. The Hall–Kier alpha value is -2.52. The van der Waals surface area contributed by atoms with Gasteiger partial charge in [0.1, 0.15) is 11.8 Å². The summed E-state index contributed by atoms with van der Waals surface area (Å²) in [5, 5.41) is 3.39. The highest BCUT2D eigenvalue weighted by molar-refractivity contribution is 7.88. The van der Waals surface area contributed by atoms with E-state index in [1.807, 2.05) is 30.3 Å². The summed E-state index contributed by atoms with van der Waals surface area (Å²) in [4.78, 5) is 15.5. The molecule has 1 aliphatic heterocycles. The van der Waals surface area contributed by atoms with Crippen LogP contribution < -0.4 is 5.32 Å². The van der Waals surface area contributed by atoms with Crippen LogP contribution in [0.1, 0.15) is 18.4 Å². The lowest BCUT2D eigenvalue weighted by atomic mass is 10.1. The summed E-state index contributed by atoms with van der Waals surface area (Å²) in [6, 6.07) is 9.46. The van der Waals surface area contributed by atoms with Gasteiger partial charge in [0.15, 0.2) is 11.5 Å².